The van der Waals surface area contributed by atoms with Gasteiger partial charge in [0.05, 0.1) is 11.3 Å². The number of para-hydroxylation sites is 1. The minimum absolute atomic E-state index is 0.432. The Balaban J connectivity index is 2.40. The van der Waals surface area contributed by atoms with E-state index in [0.717, 1.165) is 11.3 Å². The molecule has 0 fully saturated rings. The summed E-state index contributed by atoms with van der Waals surface area (Å²) in [5, 5.41) is 12.4. The molecule has 0 bridgehead atoms. The molecule has 0 aliphatic carbocycles. The average molecular weight is 230 g/mol. The lowest BCUT2D eigenvalue weighted by Crippen LogP contribution is -2.15. The molecule has 0 aromatic heterocycles. The first kappa shape index (κ1) is 13.6. The van der Waals surface area contributed by atoms with E-state index >= 15 is 0 Å². The van der Waals surface area contributed by atoms with Gasteiger partial charge in [-0.3, -0.25) is 0 Å². The number of hydrogen-bond donors (Lipinski definition) is 1. The standard InChI is InChI=1S/C15H22N2/c1-3-4-5-6-9-13(2)17-15-11-8-7-10-14(15)12-16/h7-8,10-11,13,17H,3-6,9H2,1-2H3. The van der Waals surface area contributed by atoms with Gasteiger partial charge in [-0.1, -0.05) is 44.7 Å². The molecule has 17 heavy (non-hydrogen) atoms. The summed E-state index contributed by atoms with van der Waals surface area (Å²) in [5.74, 6) is 0. The average Bonchev–Trinajstić information content (AvgIpc) is 2.35. The molecule has 1 atom stereocenters. The zero-order chi connectivity index (χ0) is 12.5. The van der Waals surface area contributed by atoms with E-state index in [4.69, 9.17) is 5.26 Å². The molecule has 1 rings (SSSR count). The van der Waals surface area contributed by atoms with E-state index < -0.39 is 0 Å². The smallest absolute Gasteiger partial charge is 0.101 e. The molecule has 1 aromatic rings. The summed E-state index contributed by atoms with van der Waals surface area (Å²) in [7, 11) is 0. The van der Waals surface area contributed by atoms with Gasteiger partial charge in [0.25, 0.3) is 0 Å². The van der Waals surface area contributed by atoms with E-state index in [0.29, 0.717) is 6.04 Å². The van der Waals surface area contributed by atoms with Gasteiger partial charge in [0.15, 0.2) is 0 Å². The van der Waals surface area contributed by atoms with Crippen LogP contribution in [0.25, 0.3) is 0 Å². The number of unbranched alkanes of at least 4 members (excludes halogenated alkanes) is 3. The van der Waals surface area contributed by atoms with Crippen LogP contribution in [0.3, 0.4) is 0 Å². The summed E-state index contributed by atoms with van der Waals surface area (Å²) in [6, 6.07) is 10.3. The van der Waals surface area contributed by atoms with Crippen LogP contribution in [-0.4, -0.2) is 6.04 Å². The van der Waals surface area contributed by atoms with Gasteiger partial charge in [0.1, 0.15) is 6.07 Å². The lowest BCUT2D eigenvalue weighted by atomic mass is 10.1. The first-order valence-corrected chi connectivity index (χ1v) is 6.53. The summed E-state index contributed by atoms with van der Waals surface area (Å²) in [6.07, 6.45) is 6.33. The SMILES string of the molecule is CCCCCCC(C)Nc1ccccc1C#N. The summed E-state index contributed by atoms with van der Waals surface area (Å²) >= 11 is 0. The van der Waals surface area contributed by atoms with Crippen molar-refractivity contribution in [1.29, 1.82) is 5.26 Å². The van der Waals surface area contributed by atoms with E-state index in [1.807, 2.05) is 24.3 Å². The van der Waals surface area contributed by atoms with E-state index in [1.165, 1.54) is 32.1 Å². The topological polar surface area (TPSA) is 35.8 Å². The minimum Gasteiger partial charge on any atom is -0.382 e. The molecule has 1 aromatic carbocycles. The maximum atomic E-state index is 8.99. The molecule has 2 nitrogen and oxygen atoms in total. The second-order valence-electron chi connectivity index (χ2n) is 4.55. The molecule has 92 valence electrons. The largest absolute Gasteiger partial charge is 0.382 e. The first-order chi connectivity index (χ1) is 8.27. The van der Waals surface area contributed by atoms with Crippen LogP contribution >= 0.6 is 0 Å². The molecule has 1 N–H and O–H groups in total. The van der Waals surface area contributed by atoms with Crippen molar-refractivity contribution in [2.45, 2.75) is 52.0 Å². The minimum atomic E-state index is 0.432. The van der Waals surface area contributed by atoms with Crippen molar-refractivity contribution < 1.29 is 0 Å². The van der Waals surface area contributed by atoms with Gasteiger partial charge in [-0.05, 0) is 25.5 Å². The number of anilines is 1. The Hall–Kier alpha value is -1.49. The monoisotopic (exact) mass is 230 g/mol. The third-order valence-electron chi connectivity index (χ3n) is 2.94. The van der Waals surface area contributed by atoms with Gasteiger partial charge < -0.3 is 5.32 Å². The Kier molecular flexibility index (Phi) is 6.17. The Morgan fingerprint density at radius 3 is 2.71 bits per heavy atom. The Labute approximate surface area is 105 Å². The van der Waals surface area contributed by atoms with Gasteiger partial charge in [0.2, 0.25) is 0 Å². The van der Waals surface area contributed by atoms with Crippen molar-refractivity contribution in [3.05, 3.63) is 29.8 Å². The van der Waals surface area contributed by atoms with Crippen LogP contribution in [0.2, 0.25) is 0 Å². The number of nitrogens with zero attached hydrogens (tertiary/aromatic N) is 1. The van der Waals surface area contributed by atoms with Crippen molar-refractivity contribution in [2.24, 2.45) is 0 Å². The highest BCUT2D eigenvalue weighted by Crippen LogP contribution is 2.16. The Morgan fingerprint density at radius 2 is 2.00 bits per heavy atom. The lowest BCUT2D eigenvalue weighted by molar-refractivity contribution is 0.594. The number of rotatable bonds is 7. The van der Waals surface area contributed by atoms with Crippen LogP contribution in [0.5, 0.6) is 0 Å². The van der Waals surface area contributed by atoms with Crippen LogP contribution in [-0.2, 0) is 0 Å². The number of benzene rings is 1. The summed E-state index contributed by atoms with van der Waals surface area (Å²) in [6.45, 7) is 4.41. The Morgan fingerprint density at radius 1 is 1.24 bits per heavy atom. The molecule has 0 amide bonds. The molecule has 0 heterocycles. The quantitative estimate of drug-likeness (QED) is 0.708. The maximum Gasteiger partial charge on any atom is 0.101 e. The first-order valence-electron chi connectivity index (χ1n) is 6.53. The lowest BCUT2D eigenvalue weighted by Gasteiger charge is -2.15. The van der Waals surface area contributed by atoms with E-state index in [-0.39, 0.29) is 0 Å². The Bertz CT molecular complexity index is 365. The third-order valence-corrected chi connectivity index (χ3v) is 2.94. The fourth-order valence-corrected chi connectivity index (χ4v) is 1.92. The second-order valence-corrected chi connectivity index (χ2v) is 4.55. The van der Waals surface area contributed by atoms with Crippen LogP contribution in [0, 0.1) is 11.3 Å². The van der Waals surface area contributed by atoms with Crippen LogP contribution in [0.1, 0.15) is 51.5 Å². The highest BCUT2D eigenvalue weighted by atomic mass is 14.9. The van der Waals surface area contributed by atoms with Crippen molar-refractivity contribution in [2.75, 3.05) is 5.32 Å². The van der Waals surface area contributed by atoms with Gasteiger partial charge in [-0.15, -0.1) is 0 Å². The molecule has 2 heteroatoms. The number of nitrogens with one attached hydrogen (secondary N) is 1. The fourth-order valence-electron chi connectivity index (χ4n) is 1.92. The molecule has 0 saturated carbocycles. The third kappa shape index (κ3) is 4.91. The van der Waals surface area contributed by atoms with Crippen molar-refractivity contribution in [3.8, 4) is 6.07 Å². The van der Waals surface area contributed by atoms with Crippen LogP contribution < -0.4 is 5.32 Å². The number of nitriles is 1. The van der Waals surface area contributed by atoms with E-state index in [9.17, 15) is 0 Å². The molecule has 0 spiro atoms. The van der Waals surface area contributed by atoms with Crippen LogP contribution in [0.4, 0.5) is 5.69 Å². The van der Waals surface area contributed by atoms with Crippen molar-refractivity contribution >= 4 is 5.69 Å². The highest BCUT2D eigenvalue weighted by Gasteiger charge is 2.05. The molecular weight excluding hydrogens is 208 g/mol. The highest BCUT2D eigenvalue weighted by molar-refractivity contribution is 5.57. The zero-order valence-corrected chi connectivity index (χ0v) is 10.9. The number of hydrogen-bond acceptors (Lipinski definition) is 2. The van der Waals surface area contributed by atoms with Gasteiger partial charge in [-0.25, -0.2) is 0 Å². The molecule has 0 saturated heterocycles. The molecule has 0 aliphatic rings. The summed E-state index contributed by atoms with van der Waals surface area (Å²) < 4.78 is 0. The fraction of sp³-hybridized carbons (Fsp3) is 0.533. The normalized spacial score (nSPS) is 11.8. The van der Waals surface area contributed by atoms with E-state index in [1.54, 1.807) is 0 Å². The second kappa shape index (κ2) is 7.73. The van der Waals surface area contributed by atoms with Crippen molar-refractivity contribution in [1.82, 2.24) is 0 Å². The summed E-state index contributed by atoms with van der Waals surface area (Å²) in [4.78, 5) is 0. The van der Waals surface area contributed by atoms with Crippen LogP contribution in [0.15, 0.2) is 24.3 Å². The van der Waals surface area contributed by atoms with Gasteiger partial charge >= 0.3 is 0 Å². The van der Waals surface area contributed by atoms with E-state index in [2.05, 4.69) is 25.2 Å². The predicted octanol–water partition coefficient (Wildman–Crippen LogP) is 4.33. The van der Waals surface area contributed by atoms with Crippen molar-refractivity contribution in [3.63, 3.8) is 0 Å². The predicted molar refractivity (Wildman–Crippen MR) is 73.0 cm³/mol. The molecule has 0 radical (unpaired) electrons. The summed E-state index contributed by atoms with van der Waals surface area (Å²) in [5.41, 5.74) is 1.69. The molecule has 0 aliphatic heterocycles. The molecular formula is C15H22N2. The molecule has 1 unspecified atom stereocenters. The maximum absolute atomic E-state index is 8.99. The zero-order valence-electron chi connectivity index (χ0n) is 10.9. The van der Waals surface area contributed by atoms with Gasteiger partial charge in [0, 0.05) is 6.04 Å². The van der Waals surface area contributed by atoms with Gasteiger partial charge in [-0.2, -0.15) is 5.26 Å².